The van der Waals surface area contributed by atoms with Crippen LogP contribution in [-0.2, 0) is 16.0 Å². The normalized spacial score (nSPS) is 12.7. The molecule has 0 unspecified atom stereocenters. The van der Waals surface area contributed by atoms with E-state index in [0.29, 0.717) is 28.9 Å². The summed E-state index contributed by atoms with van der Waals surface area (Å²) in [7, 11) is 1.64. The average Bonchev–Trinajstić information content (AvgIpc) is 3.25. The molecular weight excluding hydrogens is 352 g/mol. The minimum atomic E-state index is -0.412. The zero-order valence-electron chi connectivity index (χ0n) is 14.9. The molecule has 0 bridgehead atoms. The first kappa shape index (κ1) is 18.1. The Kier molecular flexibility index (Phi) is 5.37. The Morgan fingerprint density at radius 2 is 2.23 bits per heavy atom. The van der Waals surface area contributed by atoms with Gasteiger partial charge in [-0.15, -0.1) is 0 Å². The molecule has 0 fully saturated rings. The second-order valence-electron chi connectivity index (χ2n) is 5.83. The fourth-order valence-electron chi connectivity index (χ4n) is 2.60. The minimum Gasteiger partial charge on any atom is -0.493 e. The van der Waals surface area contributed by atoms with Crippen LogP contribution in [0.3, 0.4) is 0 Å². The van der Waals surface area contributed by atoms with Crippen LogP contribution in [0, 0.1) is 6.92 Å². The van der Waals surface area contributed by atoms with Gasteiger partial charge in [-0.3, -0.25) is 9.69 Å². The fourth-order valence-corrected chi connectivity index (χ4v) is 3.52. The fraction of sp³-hybridized carbons (Fsp3) is 0.316. The van der Waals surface area contributed by atoms with Crippen molar-refractivity contribution in [3.8, 4) is 5.75 Å². The van der Waals surface area contributed by atoms with Crippen molar-refractivity contribution in [1.82, 2.24) is 4.98 Å². The summed E-state index contributed by atoms with van der Waals surface area (Å²) in [4.78, 5) is 30.5. The van der Waals surface area contributed by atoms with Crippen molar-refractivity contribution < 1.29 is 19.1 Å². The summed E-state index contributed by atoms with van der Waals surface area (Å²) >= 11 is 1.15. The molecule has 1 aromatic carbocycles. The minimum absolute atomic E-state index is 0.217. The number of amides is 1. The Balaban J connectivity index is 1.71. The zero-order valence-corrected chi connectivity index (χ0v) is 15.8. The molecule has 2 aromatic rings. The van der Waals surface area contributed by atoms with E-state index in [2.05, 4.69) is 4.98 Å². The van der Waals surface area contributed by atoms with E-state index in [9.17, 15) is 9.59 Å². The number of likely N-dealkylation sites (N-methyl/N-ethyl adjacent to an activating group) is 1. The van der Waals surface area contributed by atoms with Crippen molar-refractivity contribution in [3.05, 3.63) is 46.0 Å². The van der Waals surface area contributed by atoms with Crippen molar-refractivity contribution in [1.29, 1.82) is 0 Å². The first-order valence-corrected chi connectivity index (χ1v) is 9.17. The monoisotopic (exact) mass is 372 g/mol. The molecule has 1 amide bonds. The van der Waals surface area contributed by atoms with Gasteiger partial charge < -0.3 is 9.47 Å². The van der Waals surface area contributed by atoms with Gasteiger partial charge in [-0.2, -0.15) is 0 Å². The van der Waals surface area contributed by atoms with E-state index < -0.39 is 5.97 Å². The molecule has 7 heteroatoms. The summed E-state index contributed by atoms with van der Waals surface area (Å²) in [6.07, 6.45) is 4.16. The van der Waals surface area contributed by atoms with Gasteiger partial charge in [0.15, 0.2) is 5.13 Å². The predicted molar refractivity (Wildman–Crippen MR) is 101 cm³/mol. The van der Waals surface area contributed by atoms with Gasteiger partial charge in [-0.05, 0) is 43.2 Å². The quantitative estimate of drug-likeness (QED) is 0.595. The Labute approximate surface area is 156 Å². The number of benzene rings is 1. The summed E-state index contributed by atoms with van der Waals surface area (Å²) in [5.74, 6) is 0.284. The van der Waals surface area contributed by atoms with Crippen LogP contribution in [0.1, 0.15) is 33.4 Å². The van der Waals surface area contributed by atoms with Crippen LogP contribution in [-0.4, -0.2) is 37.1 Å². The highest BCUT2D eigenvalue weighted by atomic mass is 32.1. The highest BCUT2D eigenvalue weighted by molar-refractivity contribution is 7.17. The number of anilines is 1. The van der Waals surface area contributed by atoms with Crippen LogP contribution in [0.15, 0.2) is 24.3 Å². The van der Waals surface area contributed by atoms with E-state index in [1.54, 1.807) is 27.0 Å². The molecule has 2 heterocycles. The van der Waals surface area contributed by atoms with Gasteiger partial charge >= 0.3 is 5.97 Å². The first-order valence-electron chi connectivity index (χ1n) is 8.35. The Morgan fingerprint density at radius 3 is 3.00 bits per heavy atom. The molecule has 1 aliphatic rings. The van der Waals surface area contributed by atoms with Gasteiger partial charge in [-0.25, -0.2) is 9.78 Å². The number of nitrogens with zero attached hydrogens (tertiary/aromatic N) is 2. The van der Waals surface area contributed by atoms with Crippen LogP contribution in [0.25, 0.3) is 6.08 Å². The molecule has 6 nitrogen and oxygen atoms in total. The number of fused-ring (bicyclic) bond motifs is 1. The van der Waals surface area contributed by atoms with Gasteiger partial charge in [0.2, 0.25) is 0 Å². The highest BCUT2D eigenvalue weighted by Gasteiger charge is 2.20. The van der Waals surface area contributed by atoms with Gasteiger partial charge in [0.05, 0.1) is 18.9 Å². The molecule has 1 aromatic heterocycles. The summed E-state index contributed by atoms with van der Waals surface area (Å²) < 4.78 is 10.5. The largest absolute Gasteiger partial charge is 0.493 e. The molecule has 0 saturated carbocycles. The second kappa shape index (κ2) is 7.70. The zero-order chi connectivity index (χ0) is 18.7. The number of hydrogen-bond donors (Lipinski definition) is 0. The number of ether oxygens (including phenoxy) is 2. The van der Waals surface area contributed by atoms with E-state index in [1.807, 2.05) is 18.2 Å². The number of esters is 1. The van der Waals surface area contributed by atoms with Crippen LogP contribution in [0.2, 0.25) is 0 Å². The number of rotatable bonds is 5. The third-order valence-corrected chi connectivity index (χ3v) is 5.21. The maximum atomic E-state index is 12.4. The highest BCUT2D eigenvalue weighted by Crippen LogP contribution is 2.27. The third kappa shape index (κ3) is 3.77. The molecule has 1 aliphatic heterocycles. The summed E-state index contributed by atoms with van der Waals surface area (Å²) in [5.41, 5.74) is 2.66. The van der Waals surface area contributed by atoms with Gasteiger partial charge in [0.25, 0.3) is 5.91 Å². The smallest absolute Gasteiger partial charge is 0.350 e. The number of aromatic nitrogens is 1. The number of thiazole rings is 1. The molecule has 26 heavy (non-hydrogen) atoms. The summed E-state index contributed by atoms with van der Waals surface area (Å²) in [5, 5.41) is 0.461. The molecule has 0 saturated heterocycles. The Bertz CT molecular complexity index is 872. The van der Waals surface area contributed by atoms with Crippen molar-refractivity contribution in [3.63, 3.8) is 0 Å². The van der Waals surface area contributed by atoms with Crippen molar-refractivity contribution in [2.24, 2.45) is 0 Å². The van der Waals surface area contributed by atoms with E-state index in [4.69, 9.17) is 9.47 Å². The molecule has 0 N–H and O–H groups in total. The van der Waals surface area contributed by atoms with E-state index in [0.717, 1.165) is 34.6 Å². The number of hydrogen-bond acceptors (Lipinski definition) is 6. The average molecular weight is 372 g/mol. The number of carbonyl (C=O) groups is 2. The SMILES string of the molecule is CCOC(=O)c1sc(N(C)C(=O)/C=C/c2ccc3c(c2)CCO3)nc1C. The molecule has 136 valence electrons. The van der Waals surface area contributed by atoms with Crippen LogP contribution in [0.4, 0.5) is 5.13 Å². The van der Waals surface area contributed by atoms with Crippen molar-refractivity contribution >= 4 is 34.4 Å². The summed E-state index contributed by atoms with van der Waals surface area (Å²) in [6, 6.07) is 5.87. The van der Waals surface area contributed by atoms with Crippen LogP contribution >= 0.6 is 11.3 Å². The lowest BCUT2D eigenvalue weighted by Gasteiger charge is -2.10. The number of aryl methyl sites for hydroxylation is 1. The molecule has 0 atom stereocenters. The van der Waals surface area contributed by atoms with E-state index >= 15 is 0 Å². The predicted octanol–water partition coefficient (Wildman–Crippen LogP) is 3.24. The van der Waals surface area contributed by atoms with Crippen molar-refractivity contribution in [2.45, 2.75) is 20.3 Å². The lowest BCUT2D eigenvalue weighted by atomic mass is 10.1. The maximum absolute atomic E-state index is 12.4. The lowest BCUT2D eigenvalue weighted by Crippen LogP contribution is -2.23. The lowest BCUT2D eigenvalue weighted by molar-refractivity contribution is -0.113. The summed E-state index contributed by atoms with van der Waals surface area (Å²) in [6.45, 7) is 4.49. The third-order valence-electron chi connectivity index (χ3n) is 4.00. The maximum Gasteiger partial charge on any atom is 0.350 e. The Hall–Kier alpha value is -2.67. The van der Waals surface area contributed by atoms with Gasteiger partial charge in [0, 0.05) is 19.5 Å². The first-order chi connectivity index (χ1) is 12.5. The van der Waals surface area contributed by atoms with E-state index in [1.165, 1.54) is 11.0 Å². The Morgan fingerprint density at radius 1 is 1.42 bits per heavy atom. The molecule has 0 radical (unpaired) electrons. The molecule has 0 aliphatic carbocycles. The standard InChI is InChI=1S/C19H20N2O4S/c1-4-24-18(23)17-12(2)20-19(26-17)21(3)16(22)8-6-13-5-7-15-14(11-13)9-10-25-15/h5-8,11H,4,9-10H2,1-3H3/b8-6+. The van der Waals surface area contributed by atoms with Gasteiger partial charge in [-0.1, -0.05) is 17.4 Å². The van der Waals surface area contributed by atoms with Crippen LogP contribution in [0.5, 0.6) is 5.75 Å². The topological polar surface area (TPSA) is 68.7 Å². The molecule has 0 spiro atoms. The van der Waals surface area contributed by atoms with Crippen LogP contribution < -0.4 is 9.64 Å². The second-order valence-corrected chi connectivity index (χ2v) is 6.81. The van der Waals surface area contributed by atoms with E-state index in [-0.39, 0.29) is 5.91 Å². The van der Waals surface area contributed by atoms with Crippen molar-refractivity contribution in [2.75, 3.05) is 25.2 Å². The molecular formula is C19H20N2O4S. The molecule has 3 rings (SSSR count). The van der Waals surface area contributed by atoms with Gasteiger partial charge in [0.1, 0.15) is 10.6 Å². The number of carbonyl (C=O) groups excluding carboxylic acids is 2.